The van der Waals surface area contributed by atoms with Gasteiger partial charge in [-0.05, 0) is 31.1 Å². The van der Waals surface area contributed by atoms with Gasteiger partial charge in [-0.2, -0.15) is 9.61 Å². The maximum absolute atomic E-state index is 12.3. The standard InChI is InChI=1S/C17H16N4O3/c1-23-11-7-6-10(15(9-11)24-2)8-14-16(22)19-17-18-12-4-3-5-13(12)20-21(14)17/h4,6-9H,3,5H2,1-2H3,(H,18,19,22)/b14-8+. The third kappa shape index (κ3) is 2.25. The monoisotopic (exact) mass is 324 g/mol. The summed E-state index contributed by atoms with van der Waals surface area (Å²) >= 11 is 0. The van der Waals surface area contributed by atoms with Crippen LogP contribution in [-0.2, 0) is 6.42 Å². The molecule has 0 fully saturated rings. The lowest BCUT2D eigenvalue weighted by atomic mass is 10.2. The average Bonchev–Trinajstić information content (AvgIpc) is 3.17. The number of benzene rings is 1. The maximum Gasteiger partial charge on any atom is 0.276 e. The van der Waals surface area contributed by atoms with Gasteiger partial charge in [0.25, 0.3) is 5.56 Å². The third-order valence-corrected chi connectivity index (χ3v) is 4.08. The lowest BCUT2D eigenvalue weighted by molar-refractivity contribution is 0.393. The molecule has 1 N–H and O–H groups in total. The summed E-state index contributed by atoms with van der Waals surface area (Å²) < 4.78 is 12.1. The van der Waals surface area contributed by atoms with Gasteiger partial charge in [0, 0.05) is 11.6 Å². The third-order valence-electron chi connectivity index (χ3n) is 4.08. The number of rotatable bonds is 3. The molecule has 2 heterocycles. The number of aryl methyl sites for hydroxylation is 1. The predicted octanol–water partition coefficient (Wildman–Crippen LogP) is -0.00970. The molecule has 122 valence electrons. The van der Waals surface area contributed by atoms with Gasteiger partial charge in [-0.15, -0.1) is 0 Å². The van der Waals surface area contributed by atoms with Crippen LogP contribution in [0, 0.1) is 0 Å². The number of methoxy groups -OCH3 is 2. The number of hydrogen-bond acceptors (Lipinski definition) is 5. The minimum atomic E-state index is -0.239. The van der Waals surface area contributed by atoms with Crippen molar-refractivity contribution in [3.63, 3.8) is 0 Å². The van der Waals surface area contributed by atoms with Gasteiger partial charge in [0.1, 0.15) is 16.8 Å². The lowest BCUT2D eigenvalue weighted by Gasteiger charge is -2.06. The van der Waals surface area contributed by atoms with Crippen molar-refractivity contribution < 1.29 is 9.47 Å². The summed E-state index contributed by atoms with van der Waals surface area (Å²) in [6.45, 7) is 0. The van der Waals surface area contributed by atoms with Crippen molar-refractivity contribution in [2.24, 2.45) is 0 Å². The van der Waals surface area contributed by atoms with E-state index in [1.54, 1.807) is 30.9 Å². The van der Waals surface area contributed by atoms with Crippen molar-refractivity contribution in [2.45, 2.75) is 12.8 Å². The Bertz CT molecular complexity index is 1110. The molecule has 4 rings (SSSR count). The van der Waals surface area contributed by atoms with Crippen molar-refractivity contribution in [3.05, 3.63) is 50.5 Å². The van der Waals surface area contributed by atoms with Crippen LogP contribution in [0.1, 0.15) is 17.7 Å². The number of ether oxygens (including phenoxy) is 2. The zero-order valence-corrected chi connectivity index (χ0v) is 13.4. The number of H-pyrrole nitrogens is 1. The van der Waals surface area contributed by atoms with Crippen molar-refractivity contribution in [2.75, 3.05) is 14.2 Å². The van der Waals surface area contributed by atoms with E-state index in [0.717, 1.165) is 29.4 Å². The Labute approximate surface area is 136 Å². The van der Waals surface area contributed by atoms with Crippen molar-refractivity contribution in [1.82, 2.24) is 19.6 Å². The number of nitrogens with zero attached hydrogens (tertiary/aromatic N) is 3. The van der Waals surface area contributed by atoms with E-state index in [1.165, 1.54) is 0 Å². The fraction of sp³-hybridized carbons (Fsp3) is 0.235. The number of nitrogens with one attached hydrogen (secondary N) is 1. The molecule has 0 radical (unpaired) electrons. The van der Waals surface area contributed by atoms with E-state index in [2.05, 4.69) is 15.1 Å². The van der Waals surface area contributed by atoms with Gasteiger partial charge in [0.15, 0.2) is 0 Å². The van der Waals surface area contributed by atoms with Gasteiger partial charge < -0.3 is 9.47 Å². The summed E-state index contributed by atoms with van der Waals surface area (Å²) in [6.07, 6.45) is 5.54. The molecule has 0 unspecified atom stereocenters. The quantitative estimate of drug-likeness (QED) is 0.733. The highest BCUT2D eigenvalue weighted by atomic mass is 16.5. The van der Waals surface area contributed by atoms with Crippen LogP contribution in [-0.4, -0.2) is 33.8 Å². The molecule has 0 atom stereocenters. The van der Waals surface area contributed by atoms with Crippen LogP contribution in [0.3, 0.4) is 0 Å². The first kappa shape index (κ1) is 14.5. The minimum Gasteiger partial charge on any atom is -0.497 e. The van der Waals surface area contributed by atoms with E-state index >= 15 is 0 Å². The Morgan fingerprint density at radius 2 is 2.17 bits per heavy atom. The van der Waals surface area contributed by atoms with Crippen LogP contribution >= 0.6 is 0 Å². The highest BCUT2D eigenvalue weighted by Crippen LogP contribution is 2.24. The Morgan fingerprint density at radius 1 is 1.29 bits per heavy atom. The lowest BCUT2D eigenvalue weighted by Crippen LogP contribution is -2.28. The summed E-state index contributed by atoms with van der Waals surface area (Å²) in [4.78, 5) is 19.6. The van der Waals surface area contributed by atoms with Crippen LogP contribution in [0.25, 0.3) is 17.9 Å². The second kappa shape index (κ2) is 5.52. The predicted molar refractivity (Wildman–Crippen MR) is 88.8 cm³/mol. The van der Waals surface area contributed by atoms with Gasteiger partial charge in [-0.3, -0.25) is 9.78 Å². The molecule has 1 aliphatic carbocycles. The minimum absolute atomic E-state index is 0.239. The van der Waals surface area contributed by atoms with Gasteiger partial charge >= 0.3 is 0 Å². The fourth-order valence-electron chi connectivity index (χ4n) is 2.85. The zero-order valence-electron chi connectivity index (χ0n) is 13.4. The Hall–Kier alpha value is -3.09. The molecule has 0 saturated carbocycles. The first-order valence-corrected chi connectivity index (χ1v) is 7.61. The SMILES string of the molecule is COc1ccc(/C=c2\c(=O)[nH]c3nc4c(nn23)CCC=4)c(OC)c1. The van der Waals surface area contributed by atoms with E-state index in [4.69, 9.17) is 9.47 Å². The molecule has 0 saturated heterocycles. The molecule has 2 aromatic heterocycles. The van der Waals surface area contributed by atoms with E-state index in [-0.39, 0.29) is 5.56 Å². The molecular formula is C17H16N4O3. The molecule has 1 aromatic carbocycles. The second-order valence-corrected chi connectivity index (χ2v) is 5.51. The normalized spacial score (nSPS) is 13.8. The van der Waals surface area contributed by atoms with E-state index in [0.29, 0.717) is 22.6 Å². The average molecular weight is 324 g/mol. The van der Waals surface area contributed by atoms with Gasteiger partial charge in [0.05, 0.1) is 25.3 Å². The van der Waals surface area contributed by atoms with E-state index in [9.17, 15) is 4.79 Å². The smallest absolute Gasteiger partial charge is 0.276 e. The fourth-order valence-corrected chi connectivity index (χ4v) is 2.85. The van der Waals surface area contributed by atoms with Crippen molar-refractivity contribution >= 4 is 17.9 Å². The Kier molecular flexibility index (Phi) is 3.34. The highest BCUT2D eigenvalue weighted by molar-refractivity contribution is 5.59. The summed E-state index contributed by atoms with van der Waals surface area (Å²) in [6, 6.07) is 5.43. The van der Waals surface area contributed by atoms with Crippen molar-refractivity contribution in [3.8, 4) is 11.5 Å². The summed E-state index contributed by atoms with van der Waals surface area (Å²) in [7, 11) is 3.17. The van der Waals surface area contributed by atoms with E-state index < -0.39 is 0 Å². The van der Waals surface area contributed by atoms with Gasteiger partial charge in [-0.1, -0.05) is 6.08 Å². The number of hydrogen-bond donors (Lipinski definition) is 1. The largest absolute Gasteiger partial charge is 0.497 e. The van der Waals surface area contributed by atoms with Crippen LogP contribution < -0.4 is 25.7 Å². The first-order valence-electron chi connectivity index (χ1n) is 7.61. The molecule has 0 aliphatic heterocycles. The van der Waals surface area contributed by atoms with Crippen molar-refractivity contribution in [1.29, 1.82) is 0 Å². The second-order valence-electron chi connectivity index (χ2n) is 5.51. The molecule has 7 nitrogen and oxygen atoms in total. The van der Waals surface area contributed by atoms with Crippen LogP contribution in [0.2, 0.25) is 0 Å². The van der Waals surface area contributed by atoms with Crippen LogP contribution in [0.5, 0.6) is 11.5 Å². The Balaban J connectivity index is 1.97. The highest BCUT2D eigenvalue weighted by Gasteiger charge is 2.12. The Morgan fingerprint density at radius 3 is 2.96 bits per heavy atom. The van der Waals surface area contributed by atoms with Gasteiger partial charge in [-0.25, -0.2) is 4.98 Å². The number of fused-ring (bicyclic) bond motifs is 2. The molecule has 1 aliphatic rings. The number of aromatic amines is 1. The summed E-state index contributed by atoms with van der Waals surface area (Å²) in [5, 5.41) is 5.82. The first-order chi connectivity index (χ1) is 11.7. The topological polar surface area (TPSA) is 81.5 Å². The van der Waals surface area contributed by atoms with E-state index in [1.807, 2.05) is 18.2 Å². The summed E-state index contributed by atoms with van der Waals surface area (Å²) in [5.74, 6) is 1.74. The molecular weight excluding hydrogens is 308 g/mol. The molecule has 0 bridgehead atoms. The molecule has 0 spiro atoms. The number of imidazole rings is 1. The maximum atomic E-state index is 12.3. The molecule has 3 aromatic rings. The van der Waals surface area contributed by atoms with Gasteiger partial charge in [0.2, 0.25) is 5.78 Å². The molecule has 24 heavy (non-hydrogen) atoms. The van der Waals surface area contributed by atoms with Crippen LogP contribution in [0.4, 0.5) is 0 Å². The zero-order chi connectivity index (χ0) is 16.7. The molecule has 7 heteroatoms. The number of aromatic nitrogens is 4. The molecule has 0 amide bonds. The summed E-state index contributed by atoms with van der Waals surface area (Å²) in [5.41, 5.74) is 1.43. The van der Waals surface area contributed by atoms with Crippen LogP contribution in [0.15, 0.2) is 23.0 Å².